The van der Waals surface area contributed by atoms with E-state index in [1.165, 1.54) is 19.1 Å². The molecule has 4 rings (SSSR count). The van der Waals surface area contributed by atoms with E-state index < -0.39 is 5.97 Å². The summed E-state index contributed by atoms with van der Waals surface area (Å²) >= 11 is 0. The third kappa shape index (κ3) is 4.80. The Labute approximate surface area is 187 Å². The number of carbonyl (C=O) groups excluding carboxylic acids is 1. The van der Waals surface area contributed by atoms with Crippen LogP contribution in [0.2, 0.25) is 0 Å². The van der Waals surface area contributed by atoms with Gasteiger partial charge in [-0.25, -0.2) is 9.78 Å². The van der Waals surface area contributed by atoms with Crippen molar-refractivity contribution in [1.29, 1.82) is 0 Å². The maximum Gasteiger partial charge on any atom is 0.340 e. The summed E-state index contributed by atoms with van der Waals surface area (Å²) < 4.78 is 21.4. The average molecular weight is 440 g/mol. The molecular formula is C24H29N3O5. The van der Waals surface area contributed by atoms with E-state index in [4.69, 9.17) is 18.6 Å². The third-order valence-electron chi connectivity index (χ3n) is 5.76. The molecule has 0 atom stereocenters. The van der Waals surface area contributed by atoms with E-state index in [9.17, 15) is 4.79 Å². The molecule has 1 aliphatic heterocycles. The number of carbonyl (C=O) groups is 1. The number of nitrogens with zero attached hydrogens (tertiary/aromatic N) is 2. The van der Waals surface area contributed by atoms with Gasteiger partial charge in [0.1, 0.15) is 5.52 Å². The summed E-state index contributed by atoms with van der Waals surface area (Å²) in [7, 11) is 3.03. The zero-order valence-electron chi connectivity index (χ0n) is 18.7. The van der Waals surface area contributed by atoms with Crippen molar-refractivity contribution in [3.8, 4) is 11.5 Å². The van der Waals surface area contributed by atoms with Crippen molar-refractivity contribution in [2.45, 2.75) is 32.4 Å². The molecule has 0 bridgehead atoms. The number of anilines is 1. The first kappa shape index (κ1) is 22.0. The molecule has 0 spiro atoms. The van der Waals surface area contributed by atoms with Gasteiger partial charge in [0, 0.05) is 25.7 Å². The number of rotatable bonds is 8. The van der Waals surface area contributed by atoms with Gasteiger partial charge in [0.25, 0.3) is 0 Å². The Morgan fingerprint density at radius 1 is 1.19 bits per heavy atom. The molecule has 1 N–H and O–H groups in total. The Bertz CT molecular complexity index is 1070. The van der Waals surface area contributed by atoms with Crippen LogP contribution in [0.5, 0.6) is 11.5 Å². The van der Waals surface area contributed by atoms with Gasteiger partial charge in [-0.3, -0.25) is 4.90 Å². The lowest BCUT2D eigenvalue weighted by Gasteiger charge is -2.33. The van der Waals surface area contributed by atoms with Crippen LogP contribution in [-0.4, -0.2) is 55.8 Å². The van der Waals surface area contributed by atoms with Crippen LogP contribution in [0.15, 0.2) is 41.1 Å². The van der Waals surface area contributed by atoms with E-state index in [1.807, 2.05) is 19.1 Å². The minimum absolute atomic E-state index is 0.258. The zero-order valence-corrected chi connectivity index (χ0v) is 18.7. The van der Waals surface area contributed by atoms with E-state index in [-0.39, 0.29) is 6.04 Å². The van der Waals surface area contributed by atoms with Crippen LogP contribution in [0, 0.1) is 0 Å². The predicted molar refractivity (Wildman–Crippen MR) is 121 cm³/mol. The number of hydrogen-bond donors (Lipinski definition) is 1. The van der Waals surface area contributed by atoms with E-state index in [0.717, 1.165) is 49.7 Å². The first-order chi connectivity index (χ1) is 15.6. The number of nitrogens with one attached hydrogen (secondary N) is 1. The van der Waals surface area contributed by atoms with Crippen LogP contribution < -0.4 is 14.8 Å². The van der Waals surface area contributed by atoms with E-state index in [2.05, 4.69) is 27.3 Å². The van der Waals surface area contributed by atoms with Crippen molar-refractivity contribution in [2.24, 2.45) is 0 Å². The van der Waals surface area contributed by atoms with Gasteiger partial charge in [-0.1, -0.05) is 6.07 Å². The molecule has 0 saturated carbocycles. The maximum absolute atomic E-state index is 12.3. The molecule has 32 heavy (non-hydrogen) atoms. The molecule has 8 nitrogen and oxygen atoms in total. The summed E-state index contributed by atoms with van der Waals surface area (Å²) in [6.07, 6.45) is 3.31. The summed E-state index contributed by atoms with van der Waals surface area (Å²) in [5, 5.41) is 3.53. The quantitative estimate of drug-likeness (QED) is 0.525. The first-order valence-corrected chi connectivity index (χ1v) is 10.9. The average Bonchev–Trinajstić information content (AvgIpc) is 3.27. The van der Waals surface area contributed by atoms with Gasteiger partial charge < -0.3 is 23.9 Å². The number of benzene rings is 2. The van der Waals surface area contributed by atoms with Gasteiger partial charge in [-0.2, -0.15) is 0 Å². The minimum Gasteiger partial charge on any atom is -0.493 e. The molecule has 0 unspecified atom stereocenters. The Balaban J connectivity index is 1.39. The SMILES string of the molecule is CCOc1cc(CN2CCC(Nc3cc4ncoc4cc3C(=O)OC)CC2)ccc1OC. The van der Waals surface area contributed by atoms with Gasteiger partial charge in [-0.05, 0) is 49.6 Å². The Kier molecular flexibility index (Phi) is 6.80. The normalized spacial score (nSPS) is 15.0. The number of ether oxygens (including phenoxy) is 3. The van der Waals surface area contributed by atoms with Gasteiger partial charge >= 0.3 is 5.97 Å². The van der Waals surface area contributed by atoms with Crippen LogP contribution in [0.1, 0.15) is 35.7 Å². The van der Waals surface area contributed by atoms with Crippen LogP contribution in [0.4, 0.5) is 5.69 Å². The monoisotopic (exact) mass is 439 g/mol. The molecule has 8 heteroatoms. The summed E-state index contributed by atoms with van der Waals surface area (Å²) in [5.41, 5.74) is 3.66. The summed E-state index contributed by atoms with van der Waals surface area (Å²) in [6.45, 7) is 5.33. The smallest absolute Gasteiger partial charge is 0.340 e. The molecule has 1 saturated heterocycles. The highest BCUT2D eigenvalue weighted by atomic mass is 16.5. The van der Waals surface area contributed by atoms with Gasteiger partial charge in [-0.15, -0.1) is 0 Å². The molecule has 1 aromatic heterocycles. The molecule has 0 amide bonds. The van der Waals surface area contributed by atoms with Crippen molar-refractivity contribution in [3.05, 3.63) is 47.9 Å². The number of methoxy groups -OCH3 is 2. The molecule has 0 radical (unpaired) electrons. The number of esters is 1. The highest BCUT2D eigenvalue weighted by Gasteiger charge is 2.23. The molecule has 2 heterocycles. The van der Waals surface area contributed by atoms with E-state index >= 15 is 0 Å². The fraction of sp³-hybridized carbons (Fsp3) is 0.417. The van der Waals surface area contributed by atoms with Crippen molar-refractivity contribution in [3.63, 3.8) is 0 Å². The van der Waals surface area contributed by atoms with Crippen LogP contribution >= 0.6 is 0 Å². The molecule has 2 aromatic carbocycles. The van der Waals surface area contributed by atoms with E-state index in [0.29, 0.717) is 23.3 Å². The van der Waals surface area contributed by atoms with Crippen molar-refractivity contribution >= 4 is 22.8 Å². The lowest BCUT2D eigenvalue weighted by atomic mass is 10.0. The standard InChI is InChI=1S/C24H29N3O5/c1-4-31-23-11-16(5-6-21(23)29-2)14-27-9-7-17(8-10-27)26-19-13-20-22(32-15-25-20)12-18(19)24(28)30-3/h5-6,11-13,15,17,26H,4,7-10,14H2,1-3H3. The number of piperidine rings is 1. The largest absolute Gasteiger partial charge is 0.493 e. The highest BCUT2D eigenvalue weighted by Crippen LogP contribution is 2.30. The molecule has 1 aliphatic rings. The number of fused-ring (bicyclic) bond motifs is 1. The fourth-order valence-electron chi connectivity index (χ4n) is 4.10. The topological polar surface area (TPSA) is 86.1 Å². The molecule has 0 aliphatic carbocycles. The van der Waals surface area contributed by atoms with Gasteiger partial charge in [0.2, 0.25) is 0 Å². The summed E-state index contributed by atoms with van der Waals surface area (Å²) in [5.74, 6) is 1.14. The third-order valence-corrected chi connectivity index (χ3v) is 5.76. The number of likely N-dealkylation sites (tertiary alicyclic amines) is 1. The zero-order chi connectivity index (χ0) is 22.5. The second-order valence-electron chi connectivity index (χ2n) is 7.82. The van der Waals surface area contributed by atoms with E-state index in [1.54, 1.807) is 13.2 Å². The molecule has 3 aromatic rings. The Hall–Kier alpha value is -3.26. The van der Waals surface area contributed by atoms with Crippen molar-refractivity contribution in [2.75, 3.05) is 39.2 Å². The highest BCUT2D eigenvalue weighted by molar-refractivity contribution is 5.99. The second kappa shape index (κ2) is 9.91. The Morgan fingerprint density at radius 2 is 2.00 bits per heavy atom. The summed E-state index contributed by atoms with van der Waals surface area (Å²) in [4.78, 5) is 18.9. The first-order valence-electron chi connectivity index (χ1n) is 10.9. The maximum atomic E-state index is 12.3. The molecular weight excluding hydrogens is 410 g/mol. The fourth-order valence-corrected chi connectivity index (χ4v) is 4.10. The van der Waals surface area contributed by atoms with Gasteiger partial charge in [0.15, 0.2) is 23.5 Å². The lowest BCUT2D eigenvalue weighted by Crippen LogP contribution is -2.38. The predicted octanol–water partition coefficient (Wildman–Crippen LogP) is 4.10. The van der Waals surface area contributed by atoms with Crippen LogP contribution in [-0.2, 0) is 11.3 Å². The number of aromatic nitrogens is 1. The number of hydrogen-bond acceptors (Lipinski definition) is 8. The summed E-state index contributed by atoms with van der Waals surface area (Å²) in [6, 6.07) is 9.90. The van der Waals surface area contributed by atoms with Crippen molar-refractivity contribution < 1.29 is 23.4 Å². The molecule has 1 fully saturated rings. The minimum atomic E-state index is -0.396. The number of oxazole rings is 1. The van der Waals surface area contributed by atoms with Crippen molar-refractivity contribution in [1.82, 2.24) is 9.88 Å². The van der Waals surface area contributed by atoms with Crippen LogP contribution in [0.3, 0.4) is 0 Å². The van der Waals surface area contributed by atoms with Crippen LogP contribution in [0.25, 0.3) is 11.1 Å². The molecule has 170 valence electrons. The van der Waals surface area contributed by atoms with Gasteiger partial charge in [0.05, 0.1) is 32.1 Å². The Morgan fingerprint density at radius 3 is 2.72 bits per heavy atom. The second-order valence-corrected chi connectivity index (χ2v) is 7.82. The lowest BCUT2D eigenvalue weighted by molar-refractivity contribution is 0.0601.